The van der Waals surface area contributed by atoms with E-state index in [2.05, 4.69) is 32.0 Å². The number of hydrogen-bond acceptors (Lipinski definition) is 4. The fourth-order valence-corrected chi connectivity index (χ4v) is 5.61. The van der Waals surface area contributed by atoms with Crippen LogP contribution in [0, 0.1) is 0 Å². The van der Waals surface area contributed by atoms with Crippen LogP contribution in [0.1, 0.15) is 108 Å². The van der Waals surface area contributed by atoms with Crippen molar-refractivity contribution >= 4 is 18.0 Å². The summed E-state index contributed by atoms with van der Waals surface area (Å²) in [6.45, 7) is 4.43. The molecule has 1 aromatic rings. The molecule has 180 valence electrons. The van der Waals surface area contributed by atoms with Crippen molar-refractivity contribution in [2.24, 2.45) is 4.99 Å². The number of amidine groups is 1. The number of hydrogen-bond donors (Lipinski definition) is 0. The number of carbonyl (C=O) groups is 1. The first-order valence-electron chi connectivity index (χ1n) is 13.1. The SMILES string of the molecule is CCC(CC)c1ccc(C=C2OC(=NC3CCCCC3)N(C3CCCCC3)C2=O)c(OC)c1. The molecule has 2 aliphatic carbocycles. The average molecular weight is 453 g/mol. The van der Waals surface area contributed by atoms with Crippen LogP contribution in [0.2, 0.25) is 0 Å². The molecule has 0 radical (unpaired) electrons. The molecule has 0 atom stereocenters. The molecule has 0 spiro atoms. The minimum Gasteiger partial charge on any atom is -0.496 e. The number of carbonyl (C=O) groups excluding carboxylic acids is 1. The number of aliphatic imine (C=N–C) groups is 1. The highest BCUT2D eigenvalue weighted by Crippen LogP contribution is 2.34. The Labute approximate surface area is 199 Å². The third-order valence-electron chi connectivity index (χ3n) is 7.65. The summed E-state index contributed by atoms with van der Waals surface area (Å²) < 4.78 is 11.9. The van der Waals surface area contributed by atoms with Crippen molar-refractivity contribution < 1.29 is 14.3 Å². The van der Waals surface area contributed by atoms with Gasteiger partial charge in [0.1, 0.15) is 5.75 Å². The number of ether oxygens (including phenoxy) is 2. The molecular weight excluding hydrogens is 412 g/mol. The minimum absolute atomic E-state index is 0.0532. The minimum atomic E-state index is -0.0532. The third kappa shape index (κ3) is 5.44. The van der Waals surface area contributed by atoms with Gasteiger partial charge in [-0.2, -0.15) is 0 Å². The quantitative estimate of drug-likeness (QED) is 0.427. The summed E-state index contributed by atoms with van der Waals surface area (Å²) >= 11 is 0. The van der Waals surface area contributed by atoms with Crippen LogP contribution in [0.25, 0.3) is 6.08 Å². The maximum atomic E-state index is 13.5. The summed E-state index contributed by atoms with van der Waals surface area (Å²) in [4.78, 5) is 20.4. The van der Waals surface area contributed by atoms with Crippen molar-refractivity contribution in [2.75, 3.05) is 7.11 Å². The second kappa shape index (κ2) is 11.2. The Morgan fingerprint density at radius 1 is 1.06 bits per heavy atom. The van der Waals surface area contributed by atoms with Crippen LogP contribution in [-0.2, 0) is 9.53 Å². The first-order valence-corrected chi connectivity index (χ1v) is 13.1. The first-order chi connectivity index (χ1) is 16.1. The number of benzene rings is 1. The summed E-state index contributed by atoms with van der Waals surface area (Å²) in [5, 5.41) is 0. The summed E-state index contributed by atoms with van der Waals surface area (Å²) in [5.74, 6) is 1.61. The Bertz CT molecular complexity index is 875. The number of methoxy groups -OCH3 is 1. The lowest BCUT2D eigenvalue weighted by molar-refractivity contribution is -0.124. The summed E-state index contributed by atoms with van der Waals surface area (Å²) in [7, 11) is 1.69. The second-order valence-corrected chi connectivity index (χ2v) is 9.80. The topological polar surface area (TPSA) is 51.1 Å². The maximum absolute atomic E-state index is 13.5. The third-order valence-corrected chi connectivity index (χ3v) is 7.65. The van der Waals surface area contributed by atoms with Gasteiger partial charge in [0, 0.05) is 11.6 Å². The predicted octanol–water partition coefficient (Wildman–Crippen LogP) is 6.82. The van der Waals surface area contributed by atoms with Crippen LogP contribution >= 0.6 is 0 Å². The van der Waals surface area contributed by atoms with Crippen molar-refractivity contribution in [1.82, 2.24) is 4.90 Å². The standard InChI is InChI=1S/C28H40N2O3/c1-4-20(5-2)21-16-17-22(25(18-21)32-3)19-26-27(31)30(24-14-10-7-11-15-24)28(33-26)29-23-12-8-6-9-13-23/h16-20,23-24H,4-15H2,1-3H3. The smallest absolute Gasteiger partial charge is 0.300 e. The average Bonchev–Trinajstić information content (AvgIpc) is 3.16. The van der Waals surface area contributed by atoms with E-state index in [1.54, 1.807) is 7.11 Å². The molecule has 1 heterocycles. The fraction of sp³-hybridized carbons (Fsp3) is 0.643. The predicted molar refractivity (Wildman–Crippen MR) is 133 cm³/mol. The van der Waals surface area contributed by atoms with Crippen LogP contribution in [0.3, 0.4) is 0 Å². The van der Waals surface area contributed by atoms with E-state index in [0.29, 0.717) is 17.7 Å². The zero-order valence-corrected chi connectivity index (χ0v) is 20.6. The van der Waals surface area contributed by atoms with Gasteiger partial charge in [0.2, 0.25) is 0 Å². The molecule has 1 aliphatic heterocycles. The van der Waals surface area contributed by atoms with Crippen molar-refractivity contribution in [3.63, 3.8) is 0 Å². The monoisotopic (exact) mass is 452 g/mol. The Morgan fingerprint density at radius 2 is 1.73 bits per heavy atom. The first kappa shape index (κ1) is 23.8. The van der Waals surface area contributed by atoms with E-state index in [1.165, 1.54) is 31.2 Å². The molecule has 33 heavy (non-hydrogen) atoms. The van der Waals surface area contributed by atoms with E-state index < -0.39 is 0 Å². The van der Waals surface area contributed by atoms with E-state index >= 15 is 0 Å². The van der Waals surface area contributed by atoms with Gasteiger partial charge in [0.15, 0.2) is 5.76 Å². The normalized spacial score (nSPS) is 23.0. The highest BCUT2D eigenvalue weighted by atomic mass is 16.5. The number of amides is 1. The Morgan fingerprint density at radius 3 is 2.36 bits per heavy atom. The van der Waals surface area contributed by atoms with Gasteiger partial charge in [-0.05, 0) is 62.1 Å². The van der Waals surface area contributed by atoms with Crippen LogP contribution < -0.4 is 4.74 Å². The lowest BCUT2D eigenvalue weighted by Crippen LogP contribution is -2.41. The van der Waals surface area contributed by atoms with E-state index in [9.17, 15) is 4.79 Å². The van der Waals surface area contributed by atoms with Gasteiger partial charge in [-0.15, -0.1) is 0 Å². The molecule has 1 amide bonds. The van der Waals surface area contributed by atoms with Gasteiger partial charge >= 0.3 is 6.02 Å². The van der Waals surface area contributed by atoms with Crippen LogP contribution in [-0.4, -0.2) is 36.0 Å². The van der Waals surface area contributed by atoms with Gasteiger partial charge in [-0.25, -0.2) is 4.99 Å². The van der Waals surface area contributed by atoms with E-state index in [4.69, 9.17) is 14.5 Å². The van der Waals surface area contributed by atoms with E-state index in [-0.39, 0.29) is 18.0 Å². The largest absolute Gasteiger partial charge is 0.496 e. The van der Waals surface area contributed by atoms with Gasteiger partial charge in [0.25, 0.3) is 5.91 Å². The molecule has 4 rings (SSSR count). The zero-order chi connectivity index (χ0) is 23.2. The lowest BCUT2D eigenvalue weighted by atomic mass is 9.92. The molecule has 5 heteroatoms. The number of nitrogens with zero attached hydrogens (tertiary/aromatic N) is 2. The summed E-state index contributed by atoms with van der Waals surface area (Å²) in [5.41, 5.74) is 2.15. The van der Waals surface area contributed by atoms with Gasteiger partial charge in [-0.1, -0.05) is 64.5 Å². The van der Waals surface area contributed by atoms with Gasteiger partial charge in [-0.3, -0.25) is 9.69 Å². The molecule has 1 aromatic carbocycles. The van der Waals surface area contributed by atoms with Gasteiger partial charge in [0.05, 0.1) is 13.2 Å². The summed E-state index contributed by atoms with van der Waals surface area (Å²) in [6.07, 6.45) is 15.5. The van der Waals surface area contributed by atoms with Crippen molar-refractivity contribution in [3.8, 4) is 5.75 Å². The van der Waals surface area contributed by atoms with Crippen molar-refractivity contribution in [3.05, 3.63) is 35.1 Å². The Hall–Kier alpha value is -2.30. The van der Waals surface area contributed by atoms with Gasteiger partial charge < -0.3 is 9.47 Å². The molecule has 3 aliphatic rings. The molecule has 5 nitrogen and oxygen atoms in total. The van der Waals surface area contributed by atoms with Crippen molar-refractivity contribution in [2.45, 2.75) is 109 Å². The van der Waals surface area contributed by atoms with Crippen molar-refractivity contribution in [1.29, 1.82) is 0 Å². The van der Waals surface area contributed by atoms with Crippen LogP contribution in [0.5, 0.6) is 5.75 Å². The second-order valence-electron chi connectivity index (χ2n) is 9.80. The zero-order valence-electron chi connectivity index (χ0n) is 20.6. The molecule has 3 fully saturated rings. The summed E-state index contributed by atoms with van der Waals surface area (Å²) in [6, 6.07) is 7.30. The molecular formula is C28H40N2O3. The van der Waals surface area contributed by atoms with Crippen LogP contribution in [0.4, 0.5) is 0 Å². The maximum Gasteiger partial charge on any atom is 0.300 e. The highest BCUT2D eigenvalue weighted by molar-refractivity contribution is 6.11. The van der Waals surface area contributed by atoms with E-state index in [1.807, 2.05) is 11.0 Å². The molecule has 0 unspecified atom stereocenters. The molecule has 1 saturated heterocycles. The molecule has 0 aromatic heterocycles. The lowest BCUT2D eigenvalue weighted by Gasteiger charge is -2.29. The number of rotatable bonds is 7. The molecule has 2 saturated carbocycles. The molecule has 0 bridgehead atoms. The van der Waals surface area contributed by atoms with Crippen LogP contribution in [0.15, 0.2) is 29.0 Å². The fourth-order valence-electron chi connectivity index (χ4n) is 5.61. The Kier molecular flexibility index (Phi) is 8.11. The van der Waals surface area contributed by atoms with E-state index in [0.717, 1.165) is 62.7 Å². The highest BCUT2D eigenvalue weighted by Gasteiger charge is 2.40. The Balaban J connectivity index is 1.64. The molecule has 0 N–H and O–H groups in total.